The summed E-state index contributed by atoms with van der Waals surface area (Å²) in [5.41, 5.74) is 3.21. The van der Waals surface area contributed by atoms with Crippen molar-refractivity contribution in [3.63, 3.8) is 0 Å². The van der Waals surface area contributed by atoms with Crippen molar-refractivity contribution < 1.29 is 28.8 Å². The number of rotatable bonds is 10. The topological polar surface area (TPSA) is 100 Å². The smallest absolute Gasteiger partial charge is 0.494 e. The van der Waals surface area contributed by atoms with E-state index >= 15 is 0 Å². The van der Waals surface area contributed by atoms with Gasteiger partial charge in [0, 0.05) is 29.1 Å². The van der Waals surface area contributed by atoms with Gasteiger partial charge in [0.05, 0.1) is 6.61 Å². The van der Waals surface area contributed by atoms with Crippen molar-refractivity contribution in [2.75, 3.05) is 13.2 Å². The molecule has 190 valence electrons. The lowest BCUT2D eigenvalue weighted by Gasteiger charge is -2.27. The van der Waals surface area contributed by atoms with Crippen LogP contribution in [-0.4, -0.2) is 40.2 Å². The van der Waals surface area contributed by atoms with E-state index in [0.717, 1.165) is 35.5 Å². The van der Waals surface area contributed by atoms with Gasteiger partial charge in [-0.15, -0.1) is 0 Å². The van der Waals surface area contributed by atoms with Crippen molar-refractivity contribution in [2.45, 2.75) is 58.0 Å². The first kappa shape index (κ1) is 25.6. The minimum atomic E-state index is -1.52. The third kappa shape index (κ3) is 6.19. The highest BCUT2D eigenvalue weighted by Gasteiger charge is 2.50. The molecule has 4 rings (SSSR count). The van der Waals surface area contributed by atoms with E-state index in [1.165, 1.54) is 19.3 Å². The molecule has 0 aliphatic carbocycles. The van der Waals surface area contributed by atoms with E-state index in [9.17, 15) is 9.90 Å². The molecule has 2 heterocycles. The Bertz CT molecular complexity index is 1150. The molecule has 36 heavy (non-hydrogen) atoms. The van der Waals surface area contributed by atoms with Gasteiger partial charge in [0.2, 0.25) is 0 Å². The first-order chi connectivity index (χ1) is 17.3. The maximum atomic E-state index is 11.3. The van der Waals surface area contributed by atoms with Gasteiger partial charge in [0.1, 0.15) is 12.4 Å². The summed E-state index contributed by atoms with van der Waals surface area (Å²) in [7, 11) is 0. The third-order valence-electron chi connectivity index (χ3n) is 5.96. The summed E-state index contributed by atoms with van der Waals surface area (Å²) in [5, 5.41) is 9.22. The van der Waals surface area contributed by atoms with E-state index < -0.39 is 17.7 Å². The van der Waals surface area contributed by atoms with E-state index in [0.29, 0.717) is 11.4 Å². The molecule has 8 nitrogen and oxygen atoms in total. The second kappa shape index (κ2) is 11.1. The minimum absolute atomic E-state index is 0.0421. The Labute approximate surface area is 211 Å². The molecule has 1 aliphatic heterocycles. The standard InChI is InChI=1S/C28H32N2O6/c1-4-5-6-7-16-33-24-14-10-20(11-15-24)22-17-29-25(30-18-22)21-8-12-23(13-9-21)28(35-26(31)32)19-34-27(2,3)36-28/h8-15,17-18H,4-7,16,19H2,1-3H3,(H,31,32)/t28-/m1/s1. The highest BCUT2D eigenvalue weighted by Crippen LogP contribution is 2.40. The molecule has 1 aromatic heterocycles. The molecule has 8 heteroatoms. The van der Waals surface area contributed by atoms with Crippen molar-refractivity contribution in [3.05, 3.63) is 66.5 Å². The summed E-state index contributed by atoms with van der Waals surface area (Å²) in [5.74, 6) is -1.08. The number of hydrogen-bond donors (Lipinski definition) is 1. The highest BCUT2D eigenvalue weighted by atomic mass is 16.9. The van der Waals surface area contributed by atoms with E-state index in [4.69, 9.17) is 18.9 Å². The van der Waals surface area contributed by atoms with Gasteiger partial charge in [0.15, 0.2) is 11.6 Å². The molecule has 0 amide bonds. The van der Waals surface area contributed by atoms with Crippen LogP contribution in [0.5, 0.6) is 5.75 Å². The molecule has 0 spiro atoms. The Morgan fingerprint density at radius 3 is 2.19 bits per heavy atom. The zero-order valence-corrected chi connectivity index (χ0v) is 20.9. The summed E-state index contributed by atoms with van der Waals surface area (Å²) in [6.07, 6.45) is 6.84. The molecular formula is C28H32N2O6. The number of carbonyl (C=O) groups is 1. The molecule has 3 aromatic rings. The molecule has 1 saturated heterocycles. The van der Waals surface area contributed by atoms with Crippen molar-refractivity contribution in [3.8, 4) is 28.3 Å². The summed E-state index contributed by atoms with van der Waals surface area (Å²) in [4.78, 5) is 20.3. The lowest BCUT2D eigenvalue weighted by atomic mass is 10.0. The van der Waals surface area contributed by atoms with Gasteiger partial charge in [-0.3, -0.25) is 0 Å². The Kier molecular flexibility index (Phi) is 7.86. The van der Waals surface area contributed by atoms with Gasteiger partial charge in [-0.25, -0.2) is 14.8 Å². The summed E-state index contributed by atoms with van der Waals surface area (Å²) in [6.45, 7) is 6.30. The van der Waals surface area contributed by atoms with Crippen LogP contribution in [0.4, 0.5) is 4.79 Å². The van der Waals surface area contributed by atoms with Gasteiger partial charge in [-0.2, -0.15) is 0 Å². The van der Waals surface area contributed by atoms with Gasteiger partial charge in [0.25, 0.3) is 5.79 Å². The zero-order chi connectivity index (χ0) is 25.6. The Hall–Kier alpha value is -3.49. The quantitative estimate of drug-likeness (QED) is 0.256. The summed E-state index contributed by atoms with van der Waals surface area (Å²) < 4.78 is 22.3. The normalized spacial score (nSPS) is 18.6. The molecule has 0 saturated carbocycles. The van der Waals surface area contributed by atoms with E-state index in [1.807, 2.05) is 24.3 Å². The molecule has 1 aliphatic rings. The van der Waals surface area contributed by atoms with Gasteiger partial charge in [-0.05, 0) is 38.0 Å². The number of benzene rings is 2. The fraction of sp³-hybridized carbons (Fsp3) is 0.393. The molecule has 0 unspecified atom stereocenters. The second-order valence-corrected chi connectivity index (χ2v) is 9.22. The summed E-state index contributed by atoms with van der Waals surface area (Å²) >= 11 is 0. The van der Waals surface area contributed by atoms with Crippen LogP contribution >= 0.6 is 0 Å². The van der Waals surface area contributed by atoms with Crippen molar-refractivity contribution >= 4 is 6.16 Å². The highest BCUT2D eigenvalue weighted by molar-refractivity contribution is 5.64. The van der Waals surface area contributed by atoms with Gasteiger partial charge < -0.3 is 24.1 Å². The van der Waals surface area contributed by atoms with Crippen LogP contribution in [0.3, 0.4) is 0 Å². The number of carboxylic acid groups (broad SMARTS) is 1. The Morgan fingerprint density at radius 2 is 1.61 bits per heavy atom. The molecule has 1 atom stereocenters. The number of nitrogens with zero attached hydrogens (tertiary/aromatic N) is 2. The van der Waals surface area contributed by atoms with Crippen LogP contribution in [0.15, 0.2) is 60.9 Å². The average molecular weight is 493 g/mol. The average Bonchev–Trinajstić information content (AvgIpc) is 3.19. The van der Waals surface area contributed by atoms with Crippen LogP contribution in [0, 0.1) is 0 Å². The van der Waals surface area contributed by atoms with Crippen molar-refractivity contribution in [1.29, 1.82) is 0 Å². The Balaban J connectivity index is 1.42. The molecular weight excluding hydrogens is 460 g/mol. The van der Waals surface area contributed by atoms with Crippen LogP contribution in [0.1, 0.15) is 52.0 Å². The van der Waals surface area contributed by atoms with Gasteiger partial charge >= 0.3 is 6.16 Å². The zero-order valence-electron chi connectivity index (χ0n) is 20.9. The minimum Gasteiger partial charge on any atom is -0.494 e. The molecule has 1 fully saturated rings. The van der Waals surface area contributed by atoms with Crippen molar-refractivity contribution in [1.82, 2.24) is 9.97 Å². The van der Waals surface area contributed by atoms with Crippen LogP contribution in [0.2, 0.25) is 0 Å². The second-order valence-electron chi connectivity index (χ2n) is 9.22. The third-order valence-corrected chi connectivity index (χ3v) is 5.96. The summed E-state index contributed by atoms with van der Waals surface area (Å²) in [6, 6.07) is 15.0. The SMILES string of the molecule is CCCCCCOc1ccc(-c2cnc(-c3ccc([C@@]4(OC(=O)O)COC(C)(C)O4)cc3)nc2)cc1. The Morgan fingerprint density at radius 1 is 0.944 bits per heavy atom. The van der Waals surface area contributed by atoms with Gasteiger partial charge in [-0.1, -0.05) is 62.6 Å². The monoisotopic (exact) mass is 492 g/mol. The predicted octanol–water partition coefficient (Wildman–Crippen LogP) is 6.40. The van der Waals surface area contributed by atoms with Crippen LogP contribution in [-0.2, 0) is 20.0 Å². The van der Waals surface area contributed by atoms with E-state index in [2.05, 4.69) is 16.9 Å². The van der Waals surface area contributed by atoms with Crippen LogP contribution < -0.4 is 4.74 Å². The fourth-order valence-electron chi connectivity index (χ4n) is 4.08. The van der Waals surface area contributed by atoms with E-state index in [1.54, 1.807) is 50.5 Å². The maximum Gasteiger partial charge on any atom is 0.508 e. The maximum absolute atomic E-state index is 11.3. The number of hydrogen-bond acceptors (Lipinski definition) is 7. The first-order valence-electron chi connectivity index (χ1n) is 12.2. The number of ether oxygens (including phenoxy) is 4. The predicted molar refractivity (Wildman–Crippen MR) is 134 cm³/mol. The molecule has 0 radical (unpaired) electrons. The van der Waals surface area contributed by atoms with Crippen molar-refractivity contribution in [2.24, 2.45) is 0 Å². The first-order valence-corrected chi connectivity index (χ1v) is 12.2. The van der Waals surface area contributed by atoms with E-state index in [-0.39, 0.29) is 6.61 Å². The lowest BCUT2D eigenvalue weighted by molar-refractivity contribution is -0.240. The largest absolute Gasteiger partial charge is 0.508 e. The molecule has 2 aromatic carbocycles. The number of aromatic nitrogens is 2. The molecule has 1 N–H and O–H groups in total. The fourth-order valence-corrected chi connectivity index (χ4v) is 4.08. The van der Waals surface area contributed by atoms with Crippen LogP contribution in [0.25, 0.3) is 22.5 Å². The number of unbranched alkanes of at least 4 members (excludes halogenated alkanes) is 3. The lowest BCUT2D eigenvalue weighted by Crippen LogP contribution is -2.36. The molecule has 0 bridgehead atoms.